The number of anilines is 2. The molecule has 0 spiro atoms. The van der Waals surface area contributed by atoms with E-state index >= 15 is 0 Å². The summed E-state index contributed by atoms with van der Waals surface area (Å²) in [7, 11) is 0. The molecule has 0 aliphatic carbocycles. The first-order valence-corrected chi connectivity index (χ1v) is 9.19. The Morgan fingerprint density at radius 1 is 1.27 bits per heavy atom. The highest BCUT2D eigenvalue weighted by Crippen LogP contribution is 2.35. The summed E-state index contributed by atoms with van der Waals surface area (Å²) < 4.78 is 44.4. The molecule has 1 aromatic carbocycles. The van der Waals surface area contributed by atoms with E-state index in [9.17, 15) is 22.8 Å². The Balaban J connectivity index is 1.81. The number of carbonyl (C=O) groups is 2. The number of hydrogen-bond donors (Lipinski definition) is 1. The SMILES string of the molecule is O=C(CN1CSCC1=O)Nc1cc(C(F)(F)F)ccc1N1CCOCC1. The monoisotopic (exact) mass is 389 g/mol. The van der Waals surface area contributed by atoms with Gasteiger partial charge in [0.25, 0.3) is 0 Å². The molecule has 0 atom stereocenters. The van der Waals surface area contributed by atoms with E-state index in [4.69, 9.17) is 4.74 Å². The third kappa shape index (κ3) is 4.42. The molecule has 10 heteroatoms. The van der Waals surface area contributed by atoms with E-state index < -0.39 is 17.6 Å². The summed E-state index contributed by atoms with van der Waals surface area (Å²) in [6.07, 6.45) is -4.51. The van der Waals surface area contributed by atoms with Gasteiger partial charge in [-0.3, -0.25) is 9.59 Å². The van der Waals surface area contributed by atoms with Crippen LogP contribution < -0.4 is 10.2 Å². The van der Waals surface area contributed by atoms with Crippen LogP contribution in [0.15, 0.2) is 18.2 Å². The number of nitrogens with one attached hydrogen (secondary N) is 1. The van der Waals surface area contributed by atoms with E-state index in [1.54, 1.807) is 0 Å². The van der Waals surface area contributed by atoms with E-state index in [-0.39, 0.29) is 18.1 Å². The van der Waals surface area contributed by atoms with Crippen LogP contribution in [-0.4, -0.2) is 61.2 Å². The first-order valence-electron chi connectivity index (χ1n) is 8.04. The number of rotatable bonds is 4. The number of hydrogen-bond acceptors (Lipinski definition) is 5. The van der Waals surface area contributed by atoms with Gasteiger partial charge in [0.2, 0.25) is 11.8 Å². The van der Waals surface area contributed by atoms with Crippen LogP contribution in [0.5, 0.6) is 0 Å². The number of halogens is 3. The number of thioether (sulfide) groups is 1. The molecular weight excluding hydrogens is 371 g/mol. The van der Waals surface area contributed by atoms with Gasteiger partial charge in [0, 0.05) is 13.1 Å². The van der Waals surface area contributed by atoms with Gasteiger partial charge in [-0.15, -0.1) is 11.8 Å². The first kappa shape index (κ1) is 18.8. The third-order valence-electron chi connectivity index (χ3n) is 4.11. The molecule has 0 bridgehead atoms. The summed E-state index contributed by atoms with van der Waals surface area (Å²) in [5, 5.41) is 2.54. The Morgan fingerprint density at radius 3 is 2.62 bits per heavy atom. The number of benzene rings is 1. The lowest BCUT2D eigenvalue weighted by atomic mass is 10.1. The fourth-order valence-electron chi connectivity index (χ4n) is 2.80. The Bertz CT molecular complexity index is 693. The number of amides is 2. The molecule has 1 aromatic rings. The quantitative estimate of drug-likeness (QED) is 0.854. The molecule has 2 fully saturated rings. The molecule has 142 valence electrons. The first-order chi connectivity index (χ1) is 12.3. The Morgan fingerprint density at radius 2 is 2.00 bits per heavy atom. The summed E-state index contributed by atoms with van der Waals surface area (Å²) >= 11 is 1.40. The van der Waals surface area contributed by atoms with Crippen molar-refractivity contribution in [2.75, 3.05) is 54.7 Å². The predicted octanol–water partition coefficient (Wildman–Crippen LogP) is 2.01. The lowest BCUT2D eigenvalue weighted by molar-refractivity contribution is -0.137. The summed E-state index contributed by atoms with van der Waals surface area (Å²) in [6.45, 7) is 1.80. The Kier molecular flexibility index (Phi) is 5.61. The average molecular weight is 389 g/mol. The van der Waals surface area contributed by atoms with Gasteiger partial charge in [0.1, 0.15) is 6.54 Å². The van der Waals surface area contributed by atoms with Crippen LogP contribution in [0.25, 0.3) is 0 Å². The van der Waals surface area contributed by atoms with Crippen LogP contribution in [0.4, 0.5) is 24.5 Å². The average Bonchev–Trinajstić information content (AvgIpc) is 2.99. The zero-order valence-corrected chi connectivity index (χ0v) is 14.7. The molecule has 2 aliphatic rings. The fraction of sp³-hybridized carbons (Fsp3) is 0.500. The minimum Gasteiger partial charge on any atom is -0.378 e. The van der Waals surface area contributed by atoms with E-state index in [0.29, 0.717) is 43.6 Å². The van der Waals surface area contributed by atoms with Gasteiger partial charge in [-0.25, -0.2) is 0 Å². The summed E-state index contributed by atoms with van der Waals surface area (Å²) in [4.78, 5) is 27.1. The van der Waals surface area contributed by atoms with Gasteiger partial charge in [-0.2, -0.15) is 13.2 Å². The zero-order valence-electron chi connectivity index (χ0n) is 13.8. The number of nitrogens with zero attached hydrogens (tertiary/aromatic N) is 2. The highest BCUT2D eigenvalue weighted by Gasteiger charge is 2.32. The molecule has 0 radical (unpaired) electrons. The van der Waals surface area contributed by atoms with Crippen molar-refractivity contribution in [2.45, 2.75) is 6.18 Å². The molecule has 26 heavy (non-hydrogen) atoms. The van der Waals surface area contributed by atoms with Crippen molar-refractivity contribution >= 4 is 35.0 Å². The molecule has 0 aromatic heterocycles. The minimum atomic E-state index is -4.51. The Labute approximate surface area is 152 Å². The summed E-state index contributed by atoms with van der Waals surface area (Å²) in [5.74, 6) is 0.0541. The predicted molar refractivity (Wildman–Crippen MR) is 92.1 cm³/mol. The molecule has 1 N–H and O–H groups in total. The fourth-order valence-corrected chi connectivity index (χ4v) is 3.70. The van der Waals surface area contributed by atoms with Gasteiger partial charge < -0.3 is 19.9 Å². The van der Waals surface area contributed by atoms with Gasteiger partial charge in [-0.05, 0) is 18.2 Å². The number of alkyl halides is 3. The maximum atomic E-state index is 13.1. The van der Waals surface area contributed by atoms with Crippen molar-refractivity contribution in [3.8, 4) is 0 Å². The highest BCUT2D eigenvalue weighted by atomic mass is 32.2. The Hall–Kier alpha value is -1.94. The van der Waals surface area contributed by atoms with Crippen LogP contribution >= 0.6 is 11.8 Å². The second-order valence-electron chi connectivity index (χ2n) is 5.95. The van der Waals surface area contributed by atoms with Crippen molar-refractivity contribution in [2.24, 2.45) is 0 Å². The van der Waals surface area contributed by atoms with E-state index in [1.165, 1.54) is 22.7 Å². The number of ether oxygens (including phenoxy) is 1. The van der Waals surface area contributed by atoms with E-state index in [2.05, 4.69) is 5.32 Å². The van der Waals surface area contributed by atoms with Crippen LogP contribution in [0.1, 0.15) is 5.56 Å². The lowest BCUT2D eigenvalue weighted by Gasteiger charge is -2.31. The minimum absolute atomic E-state index is 0.0889. The van der Waals surface area contributed by atoms with Gasteiger partial charge in [0.15, 0.2) is 0 Å². The molecule has 0 saturated carbocycles. The summed E-state index contributed by atoms with van der Waals surface area (Å²) in [6, 6.07) is 3.30. The van der Waals surface area contributed by atoms with Crippen LogP contribution in [-0.2, 0) is 20.5 Å². The molecule has 3 rings (SSSR count). The van der Waals surface area contributed by atoms with Gasteiger partial charge >= 0.3 is 6.18 Å². The second-order valence-corrected chi connectivity index (χ2v) is 6.90. The normalized spacial score (nSPS) is 18.3. The largest absolute Gasteiger partial charge is 0.416 e. The van der Waals surface area contributed by atoms with Crippen molar-refractivity contribution in [3.05, 3.63) is 23.8 Å². The highest BCUT2D eigenvalue weighted by molar-refractivity contribution is 8.00. The molecule has 0 unspecified atom stereocenters. The number of carbonyl (C=O) groups excluding carboxylic acids is 2. The maximum Gasteiger partial charge on any atom is 0.416 e. The van der Waals surface area contributed by atoms with Gasteiger partial charge in [0.05, 0.1) is 41.8 Å². The van der Waals surface area contributed by atoms with Crippen molar-refractivity contribution in [1.29, 1.82) is 0 Å². The van der Waals surface area contributed by atoms with Crippen LogP contribution in [0.3, 0.4) is 0 Å². The topological polar surface area (TPSA) is 61.9 Å². The number of morpholine rings is 1. The molecule has 2 saturated heterocycles. The second kappa shape index (κ2) is 7.75. The van der Waals surface area contributed by atoms with Gasteiger partial charge in [-0.1, -0.05) is 0 Å². The molecular formula is C16H18F3N3O3S. The molecule has 2 heterocycles. The molecule has 6 nitrogen and oxygen atoms in total. The smallest absolute Gasteiger partial charge is 0.378 e. The molecule has 2 aliphatic heterocycles. The van der Waals surface area contributed by atoms with Crippen molar-refractivity contribution in [1.82, 2.24) is 4.90 Å². The zero-order chi connectivity index (χ0) is 18.7. The van der Waals surface area contributed by atoms with Crippen molar-refractivity contribution < 1.29 is 27.5 Å². The third-order valence-corrected chi connectivity index (χ3v) is 5.05. The lowest BCUT2D eigenvalue weighted by Crippen LogP contribution is -2.38. The summed E-state index contributed by atoms with van der Waals surface area (Å²) in [5.41, 5.74) is -0.236. The molecule has 2 amide bonds. The maximum absolute atomic E-state index is 13.1. The van der Waals surface area contributed by atoms with Crippen LogP contribution in [0, 0.1) is 0 Å². The van der Waals surface area contributed by atoms with Crippen LogP contribution in [0.2, 0.25) is 0 Å². The van der Waals surface area contributed by atoms with Crippen molar-refractivity contribution in [3.63, 3.8) is 0 Å². The standard InChI is InChI=1S/C16H18F3N3O3S/c17-16(18,19)11-1-2-13(21-3-5-25-6-4-21)12(7-11)20-14(23)8-22-10-26-9-15(22)24/h1-2,7H,3-6,8-10H2,(H,20,23). The van der Waals surface area contributed by atoms with E-state index in [1.807, 2.05) is 4.90 Å². The van der Waals surface area contributed by atoms with E-state index in [0.717, 1.165) is 12.1 Å².